The minimum absolute atomic E-state index is 0.189. The van der Waals surface area contributed by atoms with Gasteiger partial charge < -0.3 is 10.1 Å². The first-order valence-corrected chi connectivity index (χ1v) is 5.34. The van der Waals surface area contributed by atoms with Gasteiger partial charge >= 0.3 is 5.97 Å². The molecule has 114 valence electrons. The van der Waals surface area contributed by atoms with Crippen molar-refractivity contribution in [2.75, 3.05) is 7.05 Å². The van der Waals surface area contributed by atoms with Gasteiger partial charge in [-0.2, -0.15) is 8.78 Å². The van der Waals surface area contributed by atoms with Gasteiger partial charge in [-0.05, 0) is 6.92 Å². The lowest BCUT2D eigenvalue weighted by molar-refractivity contribution is -0.130. The molecule has 0 saturated heterocycles. The van der Waals surface area contributed by atoms with Crippen molar-refractivity contribution in [2.24, 2.45) is 0 Å². The molecule has 0 spiro atoms. The summed E-state index contributed by atoms with van der Waals surface area (Å²) in [7, 11) is 1.26. The molecular formula is C12H8F5NO3. The predicted molar refractivity (Wildman–Crippen MR) is 59.7 cm³/mol. The average Bonchev–Trinajstić information content (AvgIpc) is 2.46. The van der Waals surface area contributed by atoms with Crippen LogP contribution in [-0.2, 0) is 9.59 Å². The Morgan fingerprint density at radius 3 is 1.81 bits per heavy atom. The third-order valence-corrected chi connectivity index (χ3v) is 2.29. The summed E-state index contributed by atoms with van der Waals surface area (Å²) < 4.78 is 69.0. The normalized spacial score (nSPS) is 11.3. The first kappa shape index (κ1) is 16.6. The molecule has 21 heavy (non-hydrogen) atoms. The molecule has 4 nitrogen and oxygen atoms in total. The van der Waals surface area contributed by atoms with Crippen LogP contribution in [0, 0.1) is 29.1 Å². The fourth-order valence-electron chi connectivity index (χ4n) is 1.24. The number of carbonyl (C=O) groups is 2. The van der Waals surface area contributed by atoms with E-state index in [0.717, 1.165) is 0 Å². The van der Waals surface area contributed by atoms with E-state index in [1.54, 1.807) is 0 Å². The Labute approximate surface area is 115 Å². The summed E-state index contributed by atoms with van der Waals surface area (Å²) in [4.78, 5) is 22.4. The Balaban J connectivity index is 3.15. The zero-order valence-electron chi connectivity index (χ0n) is 10.7. The fourth-order valence-corrected chi connectivity index (χ4v) is 1.24. The molecule has 0 radical (unpaired) electrons. The molecule has 0 aliphatic carbocycles. The minimum atomic E-state index is -2.37. The van der Waals surface area contributed by atoms with Crippen LogP contribution < -0.4 is 10.1 Å². The van der Waals surface area contributed by atoms with Crippen LogP contribution in [0.2, 0.25) is 0 Å². The summed E-state index contributed by atoms with van der Waals surface area (Å²) in [6, 6.07) is 0. The lowest BCUT2D eigenvalue weighted by Gasteiger charge is -2.07. The number of likely N-dealkylation sites (N-methyl/N-ethyl adjacent to an activating group) is 1. The zero-order valence-corrected chi connectivity index (χ0v) is 10.7. The van der Waals surface area contributed by atoms with Crippen molar-refractivity contribution >= 4 is 11.9 Å². The number of amides is 1. The highest BCUT2D eigenvalue weighted by Gasteiger charge is 2.28. The number of hydrogen-bond donors (Lipinski definition) is 1. The van der Waals surface area contributed by atoms with Gasteiger partial charge in [0.05, 0.1) is 0 Å². The maximum absolute atomic E-state index is 13.2. The van der Waals surface area contributed by atoms with Gasteiger partial charge in [0, 0.05) is 18.7 Å². The van der Waals surface area contributed by atoms with Crippen molar-refractivity contribution < 1.29 is 36.3 Å². The number of hydrogen-bond acceptors (Lipinski definition) is 3. The lowest BCUT2D eigenvalue weighted by Crippen LogP contribution is -2.20. The molecule has 0 aliphatic heterocycles. The molecule has 9 heteroatoms. The summed E-state index contributed by atoms with van der Waals surface area (Å²) in [5, 5.41) is 2.15. The molecule has 1 rings (SSSR count). The van der Waals surface area contributed by atoms with Gasteiger partial charge in [-0.15, -0.1) is 0 Å². The van der Waals surface area contributed by atoms with E-state index in [1.165, 1.54) is 14.0 Å². The molecule has 1 amide bonds. The first-order valence-electron chi connectivity index (χ1n) is 5.34. The third kappa shape index (κ3) is 3.36. The van der Waals surface area contributed by atoms with Crippen LogP contribution in [0.25, 0.3) is 0 Å². The second kappa shape index (κ2) is 6.33. The van der Waals surface area contributed by atoms with E-state index in [2.05, 4.69) is 10.1 Å². The maximum Gasteiger partial charge on any atom is 0.336 e. The fraction of sp³-hybridized carbons (Fsp3) is 0.167. The van der Waals surface area contributed by atoms with E-state index in [9.17, 15) is 31.5 Å². The molecule has 0 heterocycles. The van der Waals surface area contributed by atoms with Crippen molar-refractivity contribution in [3.05, 3.63) is 40.7 Å². The Hall–Kier alpha value is -2.45. The van der Waals surface area contributed by atoms with Gasteiger partial charge in [-0.1, -0.05) is 0 Å². The SMILES string of the molecule is CNC(=O)/C(C)=C\C(=O)Oc1c(F)c(F)c(F)c(F)c1F. The number of benzene rings is 1. The van der Waals surface area contributed by atoms with Crippen LogP contribution >= 0.6 is 0 Å². The van der Waals surface area contributed by atoms with Crippen LogP contribution in [0.15, 0.2) is 11.6 Å². The summed E-state index contributed by atoms with van der Waals surface area (Å²) in [6.07, 6.45) is 0.539. The van der Waals surface area contributed by atoms with E-state index in [4.69, 9.17) is 0 Å². The predicted octanol–water partition coefficient (Wildman–Crippen LogP) is 1.98. The van der Waals surface area contributed by atoms with Crippen molar-refractivity contribution in [3.63, 3.8) is 0 Å². The van der Waals surface area contributed by atoms with Crippen molar-refractivity contribution in [1.29, 1.82) is 0 Å². The molecule has 0 saturated carbocycles. The number of rotatable bonds is 3. The molecule has 0 fully saturated rings. The highest BCUT2D eigenvalue weighted by Crippen LogP contribution is 2.29. The molecule has 0 atom stereocenters. The molecule has 0 aromatic heterocycles. The molecule has 1 N–H and O–H groups in total. The molecule has 0 bridgehead atoms. The van der Waals surface area contributed by atoms with Gasteiger partial charge in [0.25, 0.3) is 0 Å². The van der Waals surface area contributed by atoms with E-state index >= 15 is 0 Å². The summed E-state index contributed by atoms with van der Waals surface area (Å²) in [5.41, 5.74) is -0.189. The number of halogens is 5. The van der Waals surface area contributed by atoms with E-state index in [0.29, 0.717) is 6.08 Å². The quantitative estimate of drug-likeness (QED) is 0.232. The zero-order chi connectivity index (χ0) is 16.3. The molecule has 0 unspecified atom stereocenters. The maximum atomic E-state index is 13.2. The van der Waals surface area contributed by atoms with E-state index < -0.39 is 46.7 Å². The minimum Gasteiger partial charge on any atom is -0.417 e. The highest BCUT2D eigenvalue weighted by molar-refractivity contribution is 5.99. The summed E-state index contributed by atoms with van der Waals surface area (Å²) in [5.74, 6) is -15.3. The van der Waals surface area contributed by atoms with Crippen LogP contribution in [0.4, 0.5) is 22.0 Å². The van der Waals surface area contributed by atoms with Crippen LogP contribution in [0.3, 0.4) is 0 Å². The van der Waals surface area contributed by atoms with Crippen molar-refractivity contribution in [3.8, 4) is 5.75 Å². The number of esters is 1. The molecule has 1 aromatic rings. The van der Waals surface area contributed by atoms with Crippen LogP contribution in [-0.4, -0.2) is 18.9 Å². The second-order valence-electron chi connectivity index (χ2n) is 3.73. The highest BCUT2D eigenvalue weighted by atomic mass is 19.2. The standard InChI is InChI=1S/C12H8F5NO3/c1-4(12(20)18-2)3-5(19)21-11-9(16)7(14)6(13)8(15)10(11)17/h3H,1-2H3,(H,18,20)/b4-3-. The third-order valence-electron chi connectivity index (χ3n) is 2.29. The molecular weight excluding hydrogens is 301 g/mol. The van der Waals surface area contributed by atoms with Gasteiger partial charge in [0.15, 0.2) is 0 Å². The Bertz CT molecular complexity index is 613. The number of carbonyl (C=O) groups excluding carboxylic acids is 2. The second-order valence-corrected chi connectivity index (χ2v) is 3.73. The average molecular weight is 309 g/mol. The van der Waals surface area contributed by atoms with Crippen LogP contribution in [0.1, 0.15) is 6.92 Å². The van der Waals surface area contributed by atoms with Crippen molar-refractivity contribution in [2.45, 2.75) is 6.92 Å². The van der Waals surface area contributed by atoms with Gasteiger partial charge in [-0.25, -0.2) is 18.0 Å². The Morgan fingerprint density at radius 2 is 1.38 bits per heavy atom. The summed E-state index contributed by atoms with van der Waals surface area (Å²) in [6.45, 7) is 1.18. The monoisotopic (exact) mass is 309 g/mol. The molecule has 0 aliphatic rings. The Morgan fingerprint density at radius 1 is 0.952 bits per heavy atom. The summed E-state index contributed by atoms with van der Waals surface area (Å²) >= 11 is 0. The Kier molecular flexibility index (Phi) is 5.01. The van der Waals surface area contributed by atoms with Gasteiger partial charge in [0.1, 0.15) is 0 Å². The molecule has 1 aromatic carbocycles. The topological polar surface area (TPSA) is 55.4 Å². The largest absolute Gasteiger partial charge is 0.417 e. The van der Waals surface area contributed by atoms with Crippen molar-refractivity contribution in [1.82, 2.24) is 5.32 Å². The number of ether oxygens (including phenoxy) is 1. The number of nitrogens with one attached hydrogen (secondary N) is 1. The van der Waals surface area contributed by atoms with Gasteiger partial charge in [0.2, 0.25) is 40.7 Å². The van der Waals surface area contributed by atoms with E-state index in [-0.39, 0.29) is 5.57 Å². The van der Waals surface area contributed by atoms with Crippen LogP contribution in [0.5, 0.6) is 5.75 Å². The van der Waals surface area contributed by atoms with E-state index in [1.807, 2.05) is 0 Å². The first-order chi connectivity index (χ1) is 9.70. The van der Waals surface area contributed by atoms with Gasteiger partial charge in [-0.3, -0.25) is 4.79 Å². The lowest BCUT2D eigenvalue weighted by atomic mass is 10.2. The smallest absolute Gasteiger partial charge is 0.336 e.